The normalized spacial score (nSPS) is 10.7. The summed E-state index contributed by atoms with van der Waals surface area (Å²) in [6, 6.07) is 7.54. The van der Waals surface area contributed by atoms with Gasteiger partial charge in [0.2, 0.25) is 0 Å². The maximum absolute atomic E-state index is 5.96. The molecule has 0 bridgehead atoms. The molecular weight excluding hydrogens is 250 g/mol. The van der Waals surface area contributed by atoms with Crippen LogP contribution in [0.3, 0.4) is 0 Å². The van der Waals surface area contributed by atoms with Gasteiger partial charge in [0.25, 0.3) is 0 Å². The van der Waals surface area contributed by atoms with Crippen LogP contribution in [0.25, 0.3) is 0 Å². The molecule has 0 unspecified atom stereocenters. The molecule has 0 aliphatic carbocycles. The van der Waals surface area contributed by atoms with E-state index < -0.39 is 0 Å². The molecule has 4 heteroatoms. The van der Waals surface area contributed by atoms with Gasteiger partial charge in [0.15, 0.2) is 0 Å². The smallest absolute Gasteiger partial charge is 0.120 e. The fraction of sp³-hybridized carbons (Fsp3) is 0.286. The van der Waals surface area contributed by atoms with Crippen molar-refractivity contribution in [2.24, 2.45) is 5.73 Å². The van der Waals surface area contributed by atoms with Gasteiger partial charge in [0.05, 0.1) is 6.54 Å². The molecule has 0 fully saturated rings. The van der Waals surface area contributed by atoms with Gasteiger partial charge < -0.3 is 14.9 Å². The van der Waals surface area contributed by atoms with E-state index in [0.29, 0.717) is 13.2 Å². The van der Waals surface area contributed by atoms with Crippen molar-refractivity contribution >= 4 is 11.6 Å². The summed E-state index contributed by atoms with van der Waals surface area (Å²) >= 11 is 5.96. The van der Waals surface area contributed by atoms with Crippen LogP contribution in [-0.2, 0) is 13.2 Å². The molecule has 2 rings (SSSR count). The van der Waals surface area contributed by atoms with Crippen molar-refractivity contribution in [3.63, 3.8) is 0 Å². The number of hydrogen-bond donors (Lipinski definition) is 1. The number of hydrogen-bond acceptors (Lipinski definition) is 3. The number of furan rings is 1. The number of nitrogens with two attached hydrogens (primary N) is 1. The summed E-state index contributed by atoms with van der Waals surface area (Å²) < 4.78 is 11.2. The highest BCUT2D eigenvalue weighted by atomic mass is 35.5. The fourth-order valence-corrected chi connectivity index (χ4v) is 1.82. The van der Waals surface area contributed by atoms with Crippen molar-refractivity contribution < 1.29 is 9.15 Å². The van der Waals surface area contributed by atoms with Crippen molar-refractivity contribution in [1.29, 1.82) is 0 Å². The molecule has 3 nitrogen and oxygen atoms in total. The van der Waals surface area contributed by atoms with E-state index in [1.807, 2.05) is 38.1 Å². The molecule has 18 heavy (non-hydrogen) atoms. The molecule has 0 saturated heterocycles. The Balaban J connectivity index is 2.06. The Morgan fingerprint density at radius 2 is 2.06 bits per heavy atom. The van der Waals surface area contributed by atoms with Crippen molar-refractivity contribution in [3.05, 3.63) is 51.9 Å². The molecule has 1 aromatic heterocycles. The molecule has 2 aromatic rings. The van der Waals surface area contributed by atoms with Crippen LogP contribution < -0.4 is 10.5 Å². The van der Waals surface area contributed by atoms with Crippen molar-refractivity contribution in [1.82, 2.24) is 0 Å². The predicted octanol–water partition coefficient (Wildman–Crippen LogP) is 3.59. The van der Waals surface area contributed by atoms with E-state index in [2.05, 4.69) is 0 Å². The maximum Gasteiger partial charge on any atom is 0.120 e. The van der Waals surface area contributed by atoms with Crippen LogP contribution in [0.2, 0.25) is 5.02 Å². The summed E-state index contributed by atoms with van der Waals surface area (Å²) in [5, 5.41) is 0.743. The highest BCUT2D eigenvalue weighted by Crippen LogP contribution is 2.23. The van der Waals surface area contributed by atoms with Crippen molar-refractivity contribution in [3.8, 4) is 5.75 Å². The quantitative estimate of drug-likeness (QED) is 0.919. The maximum atomic E-state index is 5.96. The van der Waals surface area contributed by atoms with Crippen molar-refractivity contribution in [2.75, 3.05) is 0 Å². The molecule has 0 amide bonds. The van der Waals surface area contributed by atoms with Crippen LogP contribution in [0.5, 0.6) is 5.75 Å². The van der Waals surface area contributed by atoms with Crippen LogP contribution >= 0.6 is 11.6 Å². The Morgan fingerprint density at radius 3 is 2.67 bits per heavy atom. The van der Waals surface area contributed by atoms with Gasteiger partial charge in [-0.1, -0.05) is 11.6 Å². The van der Waals surface area contributed by atoms with Crippen molar-refractivity contribution in [2.45, 2.75) is 27.0 Å². The SMILES string of the molecule is Cc1cc(OCc2cc(CN)oc2C)ccc1Cl. The first-order valence-electron chi connectivity index (χ1n) is 5.77. The standard InChI is InChI=1S/C14H16ClNO2/c1-9-5-12(3-4-14(9)15)17-8-11-6-13(7-16)18-10(11)2/h3-6H,7-8,16H2,1-2H3. The van der Waals surface area contributed by atoms with Gasteiger partial charge in [0.1, 0.15) is 23.9 Å². The zero-order chi connectivity index (χ0) is 13.1. The second kappa shape index (κ2) is 5.46. The summed E-state index contributed by atoms with van der Waals surface area (Å²) in [6.07, 6.45) is 0. The second-order valence-corrected chi connectivity index (χ2v) is 4.61. The molecule has 1 aromatic carbocycles. The average molecular weight is 266 g/mol. The summed E-state index contributed by atoms with van der Waals surface area (Å²) in [5.74, 6) is 2.42. The van der Waals surface area contributed by atoms with Gasteiger partial charge in [-0.3, -0.25) is 0 Å². The van der Waals surface area contributed by atoms with Crippen LogP contribution in [0.1, 0.15) is 22.6 Å². The molecular formula is C14H16ClNO2. The first kappa shape index (κ1) is 13.0. The minimum absolute atomic E-state index is 0.404. The zero-order valence-corrected chi connectivity index (χ0v) is 11.3. The third-order valence-electron chi connectivity index (χ3n) is 2.80. The first-order valence-corrected chi connectivity index (χ1v) is 6.15. The molecule has 0 aliphatic heterocycles. The second-order valence-electron chi connectivity index (χ2n) is 4.20. The van der Waals surface area contributed by atoms with E-state index in [1.54, 1.807) is 0 Å². The number of ether oxygens (including phenoxy) is 1. The first-order chi connectivity index (χ1) is 8.60. The largest absolute Gasteiger partial charge is 0.489 e. The van der Waals surface area contributed by atoms with Gasteiger partial charge in [-0.25, -0.2) is 0 Å². The molecule has 2 N–H and O–H groups in total. The van der Waals surface area contributed by atoms with E-state index in [1.165, 1.54) is 0 Å². The molecule has 0 saturated carbocycles. The van der Waals surface area contributed by atoms with Crippen LogP contribution in [0.15, 0.2) is 28.7 Å². The van der Waals surface area contributed by atoms with Gasteiger partial charge in [-0.05, 0) is 43.7 Å². The number of rotatable bonds is 4. The lowest BCUT2D eigenvalue weighted by Gasteiger charge is -2.06. The molecule has 0 aliphatic rings. The van der Waals surface area contributed by atoms with Gasteiger partial charge in [-0.2, -0.15) is 0 Å². The van der Waals surface area contributed by atoms with Crippen LogP contribution in [0, 0.1) is 13.8 Å². The monoisotopic (exact) mass is 265 g/mol. The average Bonchev–Trinajstić information content (AvgIpc) is 2.72. The zero-order valence-electron chi connectivity index (χ0n) is 10.5. The molecule has 96 valence electrons. The van der Waals surface area contributed by atoms with E-state index in [9.17, 15) is 0 Å². The highest BCUT2D eigenvalue weighted by molar-refractivity contribution is 6.31. The Bertz CT molecular complexity index is 549. The lowest BCUT2D eigenvalue weighted by atomic mass is 10.2. The minimum Gasteiger partial charge on any atom is -0.489 e. The molecule has 0 atom stereocenters. The summed E-state index contributed by atoms with van der Waals surface area (Å²) in [7, 11) is 0. The minimum atomic E-state index is 0.404. The lowest BCUT2D eigenvalue weighted by molar-refractivity contribution is 0.303. The fourth-order valence-electron chi connectivity index (χ4n) is 1.70. The van der Waals surface area contributed by atoms with E-state index in [-0.39, 0.29) is 0 Å². The third-order valence-corrected chi connectivity index (χ3v) is 3.22. The van der Waals surface area contributed by atoms with Gasteiger partial charge >= 0.3 is 0 Å². The topological polar surface area (TPSA) is 48.4 Å². The summed E-state index contributed by atoms with van der Waals surface area (Å²) in [4.78, 5) is 0. The summed E-state index contributed by atoms with van der Waals surface area (Å²) in [6.45, 7) is 4.73. The molecule has 1 heterocycles. The Hall–Kier alpha value is -1.45. The Kier molecular flexibility index (Phi) is 3.94. The lowest BCUT2D eigenvalue weighted by Crippen LogP contribution is -1.96. The number of aryl methyl sites for hydroxylation is 2. The highest BCUT2D eigenvalue weighted by Gasteiger charge is 2.07. The predicted molar refractivity (Wildman–Crippen MR) is 71.9 cm³/mol. The third kappa shape index (κ3) is 2.86. The van der Waals surface area contributed by atoms with Gasteiger partial charge in [-0.15, -0.1) is 0 Å². The number of benzene rings is 1. The Morgan fingerprint density at radius 1 is 1.28 bits per heavy atom. The van der Waals surface area contributed by atoms with Crippen LogP contribution in [0.4, 0.5) is 0 Å². The van der Waals surface area contributed by atoms with Crippen LogP contribution in [-0.4, -0.2) is 0 Å². The number of halogens is 1. The molecule has 0 spiro atoms. The van der Waals surface area contributed by atoms with E-state index >= 15 is 0 Å². The Labute approximate surface area is 111 Å². The van der Waals surface area contributed by atoms with E-state index in [4.69, 9.17) is 26.5 Å². The van der Waals surface area contributed by atoms with E-state index in [0.717, 1.165) is 33.4 Å². The summed E-state index contributed by atoms with van der Waals surface area (Å²) in [5.41, 5.74) is 7.54. The molecule has 0 radical (unpaired) electrons. The van der Waals surface area contributed by atoms with Gasteiger partial charge in [0, 0.05) is 10.6 Å².